The lowest BCUT2D eigenvalue weighted by Gasteiger charge is -2.04. The molecule has 0 aliphatic rings. The van der Waals surface area contributed by atoms with Crippen molar-refractivity contribution in [3.8, 4) is 5.69 Å². The molecule has 0 atom stereocenters. The van der Waals surface area contributed by atoms with Crippen molar-refractivity contribution in [2.75, 3.05) is 0 Å². The SMILES string of the molecule is Bc1cc(C)ccc1-n1nccn1. The van der Waals surface area contributed by atoms with E-state index in [2.05, 4.69) is 37.1 Å². The molecule has 0 spiro atoms. The van der Waals surface area contributed by atoms with Crippen molar-refractivity contribution >= 4 is 13.3 Å². The van der Waals surface area contributed by atoms with Crippen LogP contribution in [0.15, 0.2) is 30.6 Å². The minimum atomic E-state index is 1.04. The summed E-state index contributed by atoms with van der Waals surface area (Å²) in [5.41, 5.74) is 3.49. The lowest BCUT2D eigenvalue weighted by atomic mass is 9.92. The molecule has 2 aromatic rings. The number of benzene rings is 1. The summed E-state index contributed by atoms with van der Waals surface area (Å²) in [4.78, 5) is 1.63. The van der Waals surface area contributed by atoms with E-state index in [0.29, 0.717) is 0 Å². The van der Waals surface area contributed by atoms with Crippen molar-refractivity contribution < 1.29 is 0 Å². The molecule has 1 aromatic heterocycles. The fraction of sp³-hybridized carbons (Fsp3) is 0.111. The van der Waals surface area contributed by atoms with Crippen LogP contribution in [0.3, 0.4) is 0 Å². The highest BCUT2D eigenvalue weighted by molar-refractivity contribution is 6.34. The van der Waals surface area contributed by atoms with Crippen LogP contribution in [0.5, 0.6) is 0 Å². The Morgan fingerprint density at radius 2 is 1.92 bits per heavy atom. The van der Waals surface area contributed by atoms with Gasteiger partial charge in [-0.25, -0.2) is 0 Å². The maximum Gasteiger partial charge on any atom is 0.142 e. The highest BCUT2D eigenvalue weighted by Crippen LogP contribution is 2.02. The Hall–Kier alpha value is -1.58. The molecule has 13 heavy (non-hydrogen) atoms. The molecule has 3 nitrogen and oxygen atoms in total. The van der Waals surface area contributed by atoms with E-state index in [9.17, 15) is 0 Å². The van der Waals surface area contributed by atoms with Crippen LogP contribution >= 0.6 is 0 Å². The molecule has 2 rings (SSSR count). The van der Waals surface area contributed by atoms with Crippen LogP contribution in [-0.4, -0.2) is 22.8 Å². The van der Waals surface area contributed by atoms with Gasteiger partial charge in [0, 0.05) is 0 Å². The van der Waals surface area contributed by atoms with E-state index in [4.69, 9.17) is 0 Å². The number of hydrogen-bond acceptors (Lipinski definition) is 2. The molecule has 0 N–H and O–H groups in total. The summed E-state index contributed by atoms with van der Waals surface area (Å²) in [6.07, 6.45) is 3.36. The van der Waals surface area contributed by atoms with Crippen molar-refractivity contribution in [3.63, 3.8) is 0 Å². The lowest BCUT2D eigenvalue weighted by molar-refractivity contribution is 0.755. The number of aromatic nitrogens is 3. The van der Waals surface area contributed by atoms with Gasteiger partial charge < -0.3 is 0 Å². The Kier molecular flexibility index (Phi) is 1.89. The average Bonchev–Trinajstić information content (AvgIpc) is 2.56. The molecule has 0 aliphatic heterocycles. The van der Waals surface area contributed by atoms with Gasteiger partial charge in [-0.2, -0.15) is 15.0 Å². The van der Waals surface area contributed by atoms with E-state index in [1.54, 1.807) is 17.2 Å². The van der Waals surface area contributed by atoms with Gasteiger partial charge in [0.25, 0.3) is 0 Å². The van der Waals surface area contributed by atoms with Crippen LogP contribution in [0, 0.1) is 6.92 Å². The number of rotatable bonds is 1. The smallest absolute Gasteiger partial charge is 0.142 e. The molecule has 0 saturated heterocycles. The quantitative estimate of drug-likeness (QED) is 0.558. The van der Waals surface area contributed by atoms with Gasteiger partial charge in [0.2, 0.25) is 0 Å². The first-order valence-electron chi connectivity index (χ1n) is 4.21. The normalized spacial score (nSPS) is 10.2. The highest BCUT2D eigenvalue weighted by atomic mass is 15.5. The summed E-state index contributed by atoms with van der Waals surface area (Å²) >= 11 is 0. The Bertz CT molecular complexity index is 409. The van der Waals surface area contributed by atoms with Crippen LogP contribution in [0.25, 0.3) is 5.69 Å². The van der Waals surface area contributed by atoms with E-state index in [0.717, 1.165) is 5.69 Å². The molecule has 0 bridgehead atoms. The maximum atomic E-state index is 4.08. The van der Waals surface area contributed by atoms with Gasteiger partial charge in [-0.3, -0.25) is 0 Å². The van der Waals surface area contributed by atoms with Crippen molar-refractivity contribution in [1.82, 2.24) is 15.0 Å². The maximum absolute atomic E-state index is 4.08. The van der Waals surface area contributed by atoms with Crippen molar-refractivity contribution in [1.29, 1.82) is 0 Å². The van der Waals surface area contributed by atoms with Gasteiger partial charge in [-0.1, -0.05) is 23.2 Å². The first kappa shape index (κ1) is 8.04. The molecule has 0 saturated carbocycles. The number of hydrogen-bond donors (Lipinski definition) is 0. The summed E-state index contributed by atoms with van der Waals surface area (Å²) in [5.74, 6) is 0. The van der Waals surface area contributed by atoms with Crippen LogP contribution in [0.4, 0.5) is 0 Å². The summed E-state index contributed by atoms with van der Waals surface area (Å²) in [6, 6.07) is 6.22. The molecule has 0 radical (unpaired) electrons. The predicted octanol–water partition coefficient (Wildman–Crippen LogP) is -0.166. The van der Waals surface area contributed by atoms with Crippen LogP contribution in [0.1, 0.15) is 5.56 Å². The molecular weight excluding hydrogens is 161 g/mol. The molecule has 64 valence electrons. The van der Waals surface area contributed by atoms with E-state index in [-0.39, 0.29) is 0 Å². The molecule has 4 heteroatoms. The van der Waals surface area contributed by atoms with Crippen LogP contribution in [-0.2, 0) is 0 Å². The molecule has 1 aromatic carbocycles. The number of aryl methyl sites for hydroxylation is 1. The van der Waals surface area contributed by atoms with E-state index in [1.165, 1.54) is 11.0 Å². The molecule has 0 aliphatic carbocycles. The first-order chi connectivity index (χ1) is 6.27. The van der Waals surface area contributed by atoms with Crippen LogP contribution in [0.2, 0.25) is 0 Å². The third kappa shape index (κ3) is 1.47. The van der Waals surface area contributed by atoms with Gasteiger partial charge in [0.05, 0.1) is 18.1 Å². The van der Waals surface area contributed by atoms with E-state index >= 15 is 0 Å². The second-order valence-corrected chi connectivity index (χ2v) is 3.11. The largest absolute Gasteiger partial charge is 0.157 e. The fourth-order valence-corrected chi connectivity index (χ4v) is 1.37. The summed E-state index contributed by atoms with van der Waals surface area (Å²) in [5, 5.41) is 8.17. The van der Waals surface area contributed by atoms with Gasteiger partial charge in [0.1, 0.15) is 7.85 Å². The second kappa shape index (κ2) is 3.05. The number of nitrogens with zero attached hydrogens (tertiary/aromatic N) is 3. The summed E-state index contributed by atoms with van der Waals surface area (Å²) in [6.45, 7) is 2.08. The topological polar surface area (TPSA) is 30.7 Å². The van der Waals surface area contributed by atoms with Crippen molar-refractivity contribution in [2.45, 2.75) is 6.92 Å². The van der Waals surface area contributed by atoms with Gasteiger partial charge in [0.15, 0.2) is 0 Å². The average molecular weight is 171 g/mol. The Balaban J connectivity index is 2.53. The third-order valence-electron chi connectivity index (χ3n) is 1.99. The molecule has 0 amide bonds. The molecule has 0 unspecified atom stereocenters. The molecule has 0 fully saturated rings. The van der Waals surface area contributed by atoms with Gasteiger partial charge >= 0.3 is 0 Å². The van der Waals surface area contributed by atoms with Gasteiger partial charge in [-0.05, 0) is 13.0 Å². The Labute approximate surface area is 77.8 Å². The zero-order chi connectivity index (χ0) is 9.26. The Morgan fingerprint density at radius 3 is 2.54 bits per heavy atom. The first-order valence-corrected chi connectivity index (χ1v) is 4.21. The van der Waals surface area contributed by atoms with Gasteiger partial charge in [-0.15, -0.1) is 0 Å². The van der Waals surface area contributed by atoms with E-state index in [1.807, 2.05) is 6.07 Å². The highest BCUT2D eigenvalue weighted by Gasteiger charge is 2.00. The monoisotopic (exact) mass is 171 g/mol. The standard InChI is InChI=1S/C9H10BN3/c1-7-2-3-9(8(10)6-7)13-11-4-5-12-13/h2-6H,10H2,1H3. The van der Waals surface area contributed by atoms with Crippen molar-refractivity contribution in [3.05, 3.63) is 36.2 Å². The second-order valence-electron chi connectivity index (χ2n) is 3.11. The zero-order valence-electron chi connectivity index (χ0n) is 7.73. The predicted molar refractivity (Wildman–Crippen MR) is 54.3 cm³/mol. The Morgan fingerprint density at radius 1 is 1.23 bits per heavy atom. The van der Waals surface area contributed by atoms with Crippen molar-refractivity contribution in [2.24, 2.45) is 0 Å². The lowest BCUT2D eigenvalue weighted by Crippen LogP contribution is -2.14. The molecule has 1 heterocycles. The molecular formula is C9H10BN3. The van der Waals surface area contributed by atoms with Crippen LogP contribution < -0.4 is 5.46 Å². The minimum absolute atomic E-state index is 1.04. The fourth-order valence-electron chi connectivity index (χ4n) is 1.37. The minimum Gasteiger partial charge on any atom is -0.157 e. The summed E-state index contributed by atoms with van der Waals surface area (Å²) < 4.78 is 0. The zero-order valence-corrected chi connectivity index (χ0v) is 7.73. The van der Waals surface area contributed by atoms with E-state index < -0.39 is 0 Å². The third-order valence-corrected chi connectivity index (χ3v) is 1.99. The summed E-state index contributed by atoms with van der Waals surface area (Å²) in [7, 11) is 2.06.